The van der Waals surface area contributed by atoms with Crippen LogP contribution >= 0.6 is 0 Å². The van der Waals surface area contributed by atoms with E-state index in [9.17, 15) is 27.5 Å². The standard InChI is InChI=1S/C20H18F4N2O2/c21-14-6-4-13(5-7-14)16(12-18(27)28)15-8-9-17(20(22,23)24)25-19(15)26-10-2-1-3-11-26/h4-9,12H,1-3,10-11H2,(H,27,28)/b16-12+. The van der Waals surface area contributed by atoms with Gasteiger partial charge in [0.1, 0.15) is 17.3 Å². The van der Waals surface area contributed by atoms with Crippen LogP contribution in [0.2, 0.25) is 0 Å². The molecule has 2 heterocycles. The van der Waals surface area contributed by atoms with Crippen molar-refractivity contribution in [1.29, 1.82) is 0 Å². The molecule has 1 fully saturated rings. The third-order valence-electron chi connectivity index (χ3n) is 4.53. The number of carboxylic acids is 1. The first-order chi connectivity index (χ1) is 13.3. The summed E-state index contributed by atoms with van der Waals surface area (Å²) in [5, 5.41) is 9.28. The maximum atomic E-state index is 13.3. The van der Waals surface area contributed by atoms with Crippen molar-refractivity contribution in [3.63, 3.8) is 0 Å². The fraction of sp³-hybridized carbons (Fsp3) is 0.300. The minimum Gasteiger partial charge on any atom is -0.478 e. The van der Waals surface area contributed by atoms with Crippen LogP contribution in [0.3, 0.4) is 0 Å². The van der Waals surface area contributed by atoms with E-state index < -0.39 is 23.7 Å². The molecule has 1 aliphatic rings. The van der Waals surface area contributed by atoms with Gasteiger partial charge >= 0.3 is 12.1 Å². The van der Waals surface area contributed by atoms with Crippen molar-refractivity contribution in [1.82, 2.24) is 4.98 Å². The normalized spacial score (nSPS) is 15.6. The molecule has 1 saturated heterocycles. The van der Waals surface area contributed by atoms with Crippen LogP contribution in [0.15, 0.2) is 42.5 Å². The number of carbonyl (C=O) groups is 1. The molecule has 0 unspecified atom stereocenters. The molecule has 0 saturated carbocycles. The molecule has 2 aromatic rings. The molecular formula is C20H18F4N2O2. The molecule has 3 rings (SSSR count). The molecular weight excluding hydrogens is 376 g/mol. The van der Waals surface area contributed by atoms with Crippen molar-refractivity contribution < 1.29 is 27.5 Å². The van der Waals surface area contributed by atoms with Crippen LogP contribution < -0.4 is 4.90 Å². The monoisotopic (exact) mass is 394 g/mol. The average Bonchev–Trinajstić information content (AvgIpc) is 2.66. The number of carboxylic acid groups (broad SMARTS) is 1. The third kappa shape index (κ3) is 4.49. The number of benzene rings is 1. The van der Waals surface area contributed by atoms with E-state index in [0.29, 0.717) is 18.7 Å². The molecule has 0 radical (unpaired) electrons. The number of piperidine rings is 1. The van der Waals surface area contributed by atoms with Crippen LogP contribution in [0.5, 0.6) is 0 Å². The highest BCUT2D eigenvalue weighted by atomic mass is 19.4. The number of aromatic nitrogens is 1. The molecule has 1 aromatic carbocycles. The van der Waals surface area contributed by atoms with Gasteiger partial charge in [0.05, 0.1) is 0 Å². The summed E-state index contributed by atoms with van der Waals surface area (Å²) >= 11 is 0. The van der Waals surface area contributed by atoms with Crippen molar-refractivity contribution in [2.75, 3.05) is 18.0 Å². The van der Waals surface area contributed by atoms with Gasteiger partial charge in [-0.15, -0.1) is 0 Å². The van der Waals surface area contributed by atoms with Gasteiger partial charge in [-0.1, -0.05) is 12.1 Å². The Labute approximate surface area is 159 Å². The van der Waals surface area contributed by atoms with Crippen LogP contribution in [-0.4, -0.2) is 29.1 Å². The van der Waals surface area contributed by atoms with Crippen LogP contribution in [0.1, 0.15) is 36.1 Å². The van der Waals surface area contributed by atoms with Gasteiger partial charge < -0.3 is 10.0 Å². The molecule has 0 atom stereocenters. The Balaban J connectivity index is 2.18. The van der Waals surface area contributed by atoms with E-state index in [2.05, 4.69) is 4.98 Å². The minimum atomic E-state index is -4.62. The van der Waals surface area contributed by atoms with E-state index in [-0.39, 0.29) is 17.0 Å². The Bertz CT molecular complexity index is 886. The predicted molar refractivity (Wildman–Crippen MR) is 96.4 cm³/mol. The fourth-order valence-electron chi connectivity index (χ4n) is 3.23. The van der Waals surface area contributed by atoms with Gasteiger partial charge in [0.15, 0.2) is 0 Å². The maximum Gasteiger partial charge on any atom is 0.433 e. The summed E-state index contributed by atoms with van der Waals surface area (Å²) in [7, 11) is 0. The number of halogens is 4. The van der Waals surface area contributed by atoms with Gasteiger partial charge in [0.2, 0.25) is 0 Å². The second kappa shape index (κ2) is 8.00. The number of aliphatic carboxylic acids is 1. The van der Waals surface area contributed by atoms with Crippen molar-refractivity contribution in [3.8, 4) is 0 Å². The predicted octanol–water partition coefficient (Wildman–Crippen LogP) is 4.75. The smallest absolute Gasteiger partial charge is 0.433 e. The average molecular weight is 394 g/mol. The molecule has 0 spiro atoms. The van der Waals surface area contributed by atoms with E-state index in [0.717, 1.165) is 31.4 Å². The SMILES string of the molecule is O=C(O)/C=C(\c1ccc(F)cc1)c1ccc(C(F)(F)F)nc1N1CCCCC1. The fourth-order valence-corrected chi connectivity index (χ4v) is 3.23. The number of hydrogen-bond donors (Lipinski definition) is 1. The molecule has 28 heavy (non-hydrogen) atoms. The molecule has 1 aromatic heterocycles. The van der Waals surface area contributed by atoms with Crippen LogP contribution in [0, 0.1) is 5.82 Å². The highest BCUT2D eigenvalue weighted by molar-refractivity contribution is 5.97. The highest BCUT2D eigenvalue weighted by Crippen LogP contribution is 2.36. The summed E-state index contributed by atoms with van der Waals surface area (Å²) in [5.41, 5.74) is -0.215. The van der Waals surface area contributed by atoms with E-state index >= 15 is 0 Å². The second-order valence-electron chi connectivity index (χ2n) is 6.52. The quantitative estimate of drug-likeness (QED) is 0.601. The van der Waals surface area contributed by atoms with Crippen LogP contribution in [0.4, 0.5) is 23.4 Å². The van der Waals surface area contributed by atoms with Crippen molar-refractivity contribution in [2.45, 2.75) is 25.4 Å². The Morgan fingerprint density at radius 3 is 2.25 bits per heavy atom. The number of rotatable bonds is 4. The third-order valence-corrected chi connectivity index (χ3v) is 4.53. The molecule has 1 aliphatic heterocycles. The number of pyridine rings is 1. The van der Waals surface area contributed by atoms with Crippen molar-refractivity contribution in [3.05, 3.63) is 65.1 Å². The van der Waals surface area contributed by atoms with Gasteiger partial charge in [-0.3, -0.25) is 0 Å². The molecule has 8 heteroatoms. The number of hydrogen-bond acceptors (Lipinski definition) is 3. The van der Waals surface area contributed by atoms with Gasteiger partial charge in [-0.25, -0.2) is 14.2 Å². The molecule has 0 aliphatic carbocycles. The van der Waals surface area contributed by atoms with Crippen LogP contribution in [0.25, 0.3) is 5.57 Å². The number of anilines is 1. The summed E-state index contributed by atoms with van der Waals surface area (Å²) in [6.45, 7) is 1.07. The van der Waals surface area contributed by atoms with Gasteiger partial charge in [0.25, 0.3) is 0 Å². The lowest BCUT2D eigenvalue weighted by Crippen LogP contribution is -2.31. The first-order valence-electron chi connectivity index (χ1n) is 8.80. The number of nitrogens with zero attached hydrogens (tertiary/aromatic N) is 2. The minimum absolute atomic E-state index is 0.0892. The van der Waals surface area contributed by atoms with Gasteiger partial charge in [-0.2, -0.15) is 13.2 Å². The van der Waals surface area contributed by atoms with Crippen molar-refractivity contribution in [2.24, 2.45) is 0 Å². The molecule has 0 bridgehead atoms. The number of alkyl halides is 3. The second-order valence-corrected chi connectivity index (χ2v) is 6.52. The highest BCUT2D eigenvalue weighted by Gasteiger charge is 2.34. The van der Waals surface area contributed by atoms with E-state index in [1.165, 1.54) is 30.3 Å². The zero-order chi connectivity index (χ0) is 20.3. The van der Waals surface area contributed by atoms with Gasteiger partial charge in [0, 0.05) is 24.7 Å². The lowest BCUT2D eigenvalue weighted by Gasteiger charge is -2.30. The lowest BCUT2D eigenvalue weighted by molar-refractivity contribution is -0.141. The summed E-state index contributed by atoms with van der Waals surface area (Å²) in [4.78, 5) is 16.9. The summed E-state index contributed by atoms with van der Waals surface area (Å²) < 4.78 is 52.9. The zero-order valence-corrected chi connectivity index (χ0v) is 14.8. The van der Waals surface area contributed by atoms with E-state index in [1.54, 1.807) is 4.90 Å². The molecule has 148 valence electrons. The van der Waals surface area contributed by atoms with Crippen LogP contribution in [-0.2, 0) is 11.0 Å². The maximum absolute atomic E-state index is 13.3. The molecule has 0 amide bonds. The Morgan fingerprint density at radius 1 is 1.04 bits per heavy atom. The topological polar surface area (TPSA) is 53.4 Å². The van der Waals surface area contributed by atoms with E-state index in [1.807, 2.05) is 0 Å². The summed E-state index contributed by atoms with van der Waals surface area (Å²) in [6, 6.07) is 7.19. The first kappa shape index (κ1) is 19.9. The Hall–Kier alpha value is -2.90. The summed E-state index contributed by atoms with van der Waals surface area (Å²) in [5.74, 6) is -1.67. The molecule has 4 nitrogen and oxygen atoms in total. The van der Waals surface area contributed by atoms with E-state index in [4.69, 9.17) is 0 Å². The summed E-state index contributed by atoms with van der Waals surface area (Å²) in [6.07, 6.45) is -1.11. The van der Waals surface area contributed by atoms with Gasteiger partial charge in [-0.05, 0) is 54.7 Å². The zero-order valence-electron chi connectivity index (χ0n) is 14.8. The largest absolute Gasteiger partial charge is 0.478 e. The Kier molecular flexibility index (Phi) is 5.67. The van der Waals surface area contributed by atoms with Crippen molar-refractivity contribution >= 4 is 17.4 Å². The Morgan fingerprint density at radius 2 is 1.68 bits per heavy atom. The molecule has 1 N–H and O–H groups in total. The first-order valence-corrected chi connectivity index (χ1v) is 8.80. The lowest BCUT2D eigenvalue weighted by atomic mass is 9.96.